The zero-order chi connectivity index (χ0) is 16.1. The fourth-order valence-corrected chi connectivity index (χ4v) is 2.47. The van der Waals surface area contributed by atoms with E-state index in [4.69, 9.17) is 10.5 Å². The second kappa shape index (κ2) is 7.26. The number of para-hydroxylation sites is 2. The molecule has 0 aliphatic carbocycles. The van der Waals surface area contributed by atoms with Gasteiger partial charge in [-0.2, -0.15) is 0 Å². The van der Waals surface area contributed by atoms with Gasteiger partial charge in [-0.3, -0.25) is 9.59 Å². The highest BCUT2D eigenvalue weighted by atomic mass is 16.5. The van der Waals surface area contributed by atoms with Crippen molar-refractivity contribution in [3.8, 4) is 5.75 Å². The molecular weight excluding hydrogens is 282 g/mol. The number of benzene rings is 1. The maximum Gasteiger partial charge on any atom is 0.227 e. The first-order chi connectivity index (χ1) is 10.6. The molecular formula is C16H23N3O3. The number of nitrogens with two attached hydrogens (primary N) is 1. The summed E-state index contributed by atoms with van der Waals surface area (Å²) in [4.78, 5) is 26.0. The first kappa shape index (κ1) is 16.3. The van der Waals surface area contributed by atoms with Gasteiger partial charge in [0.1, 0.15) is 5.75 Å². The van der Waals surface area contributed by atoms with Gasteiger partial charge in [-0.05, 0) is 24.6 Å². The van der Waals surface area contributed by atoms with Crippen LogP contribution in [0.3, 0.4) is 0 Å². The van der Waals surface area contributed by atoms with Crippen LogP contribution in [-0.2, 0) is 9.59 Å². The summed E-state index contributed by atoms with van der Waals surface area (Å²) in [5.41, 5.74) is 6.25. The molecule has 2 atom stereocenters. The van der Waals surface area contributed by atoms with E-state index in [1.54, 1.807) is 18.1 Å². The van der Waals surface area contributed by atoms with Crippen LogP contribution in [0.4, 0.5) is 5.69 Å². The van der Waals surface area contributed by atoms with Gasteiger partial charge in [0, 0.05) is 19.5 Å². The van der Waals surface area contributed by atoms with Crippen molar-refractivity contribution >= 4 is 17.5 Å². The van der Waals surface area contributed by atoms with Crippen LogP contribution in [0.5, 0.6) is 5.75 Å². The van der Waals surface area contributed by atoms with Crippen molar-refractivity contribution in [3.05, 3.63) is 24.3 Å². The minimum atomic E-state index is -0.331. The highest BCUT2D eigenvalue weighted by Gasteiger charge is 2.36. The van der Waals surface area contributed by atoms with Crippen molar-refractivity contribution in [2.45, 2.75) is 13.3 Å². The summed E-state index contributed by atoms with van der Waals surface area (Å²) in [6.45, 7) is 3.41. The van der Waals surface area contributed by atoms with Gasteiger partial charge in [0.05, 0.1) is 18.7 Å². The molecule has 2 unspecified atom stereocenters. The first-order valence-electron chi connectivity index (χ1n) is 7.48. The van der Waals surface area contributed by atoms with Crippen LogP contribution in [0.1, 0.15) is 13.3 Å². The molecule has 2 rings (SSSR count). The van der Waals surface area contributed by atoms with E-state index in [0.29, 0.717) is 31.1 Å². The molecule has 0 spiro atoms. The fourth-order valence-electron chi connectivity index (χ4n) is 2.47. The zero-order valence-corrected chi connectivity index (χ0v) is 13.0. The highest BCUT2D eigenvalue weighted by molar-refractivity contribution is 6.01. The van der Waals surface area contributed by atoms with Crippen molar-refractivity contribution in [1.82, 2.24) is 5.32 Å². The minimum Gasteiger partial charge on any atom is -0.495 e. The molecule has 120 valence electrons. The van der Waals surface area contributed by atoms with Crippen molar-refractivity contribution in [2.24, 2.45) is 17.6 Å². The van der Waals surface area contributed by atoms with E-state index >= 15 is 0 Å². The Labute approximate surface area is 130 Å². The number of hydrogen-bond acceptors (Lipinski definition) is 4. The van der Waals surface area contributed by atoms with E-state index in [-0.39, 0.29) is 30.1 Å². The smallest absolute Gasteiger partial charge is 0.227 e. The maximum absolute atomic E-state index is 12.2. The normalized spacial score (nSPS) is 19.1. The van der Waals surface area contributed by atoms with Gasteiger partial charge in [-0.1, -0.05) is 19.1 Å². The largest absolute Gasteiger partial charge is 0.495 e. The van der Waals surface area contributed by atoms with E-state index in [9.17, 15) is 9.59 Å². The Kier molecular flexibility index (Phi) is 5.38. The van der Waals surface area contributed by atoms with Gasteiger partial charge in [-0.15, -0.1) is 0 Å². The molecule has 2 amide bonds. The summed E-state index contributed by atoms with van der Waals surface area (Å²) in [5, 5.41) is 2.87. The molecule has 6 nitrogen and oxygen atoms in total. The average molecular weight is 305 g/mol. The molecule has 1 aromatic rings. The Hall–Kier alpha value is -2.08. The quantitative estimate of drug-likeness (QED) is 0.812. The standard InChI is InChI=1S/C16H23N3O3/c1-11(8-17)9-18-16(21)12-7-15(20)19(10-12)13-5-3-4-6-14(13)22-2/h3-6,11-12H,7-10,17H2,1-2H3,(H,18,21). The third-order valence-corrected chi connectivity index (χ3v) is 3.90. The SMILES string of the molecule is COc1ccccc1N1CC(C(=O)NCC(C)CN)CC1=O. The number of rotatable bonds is 6. The average Bonchev–Trinajstić information content (AvgIpc) is 2.93. The number of carbonyl (C=O) groups is 2. The molecule has 0 saturated carbocycles. The summed E-state index contributed by atoms with van der Waals surface area (Å²) in [5.74, 6) is 0.380. The lowest BCUT2D eigenvalue weighted by Gasteiger charge is -2.19. The number of hydrogen-bond donors (Lipinski definition) is 2. The Balaban J connectivity index is 2.03. The second-order valence-electron chi connectivity index (χ2n) is 5.66. The molecule has 1 aromatic carbocycles. The summed E-state index contributed by atoms with van der Waals surface area (Å²) in [7, 11) is 1.57. The molecule has 1 saturated heterocycles. The van der Waals surface area contributed by atoms with Crippen LogP contribution in [-0.4, -0.2) is 38.6 Å². The Bertz CT molecular complexity index is 547. The monoisotopic (exact) mass is 305 g/mol. The van der Waals surface area contributed by atoms with Crippen LogP contribution in [0.2, 0.25) is 0 Å². The molecule has 3 N–H and O–H groups in total. The summed E-state index contributed by atoms with van der Waals surface area (Å²) in [6.07, 6.45) is 0.223. The topological polar surface area (TPSA) is 84.7 Å². The molecule has 1 fully saturated rings. The highest BCUT2D eigenvalue weighted by Crippen LogP contribution is 2.32. The lowest BCUT2D eigenvalue weighted by Crippen LogP contribution is -2.36. The summed E-state index contributed by atoms with van der Waals surface area (Å²) in [6, 6.07) is 7.33. The van der Waals surface area contributed by atoms with Crippen molar-refractivity contribution in [1.29, 1.82) is 0 Å². The van der Waals surface area contributed by atoms with Gasteiger partial charge >= 0.3 is 0 Å². The second-order valence-corrected chi connectivity index (χ2v) is 5.66. The van der Waals surface area contributed by atoms with Crippen LogP contribution >= 0.6 is 0 Å². The number of nitrogens with one attached hydrogen (secondary N) is 1. The van der Waals surface area contributed by atoms with Gasteiger partial charge in [0.25, 0.3) is 0 Å². The molecule has 0 radical (unpaired) electrons. The van der Waals surface area contributed by atoms with E-state index < -0.39 is 0 Å². The predicted octanol–water partition coefficient (Wildman–Crippen LogP) is 0.759. The van der Waals surface area contributed by atoms with E-state index in [1.807, 2.05) is 25.1 Å². The Morgan fingerprint density at radius 3 is 2.91 bits per heavy atom. The number of methoxy groups -OCH3 is 1. The van der Waals surface area contributed by atoms with Crippen LogP contribution in [0.25, 0.3) is 0 Å². The van der Waals surface area contributed by atoms with Gasteiger partial charge < -0.3 is 20.7 Å². The van der Waals surface area contributed by atoms with E-state index in [2.05, 4.69) is 5.32 Å². The number of ether oxygens (including phenoxy) is 1. The van der Waals surface area contributed by atoms with Crippen LogP contribution < -0.4 is 20.7 Å². The lowest BCUT2D eigenvalue weighted by atomic mass is 10.1. The zero-order valence-electron chi connectivity index (χ0n) is 13.0. The third-order valence-electron chi connectivity index (χ3n) is 3.90. The summed E-state index contributed by atoms with van der Waals surface area (Å²) >= 11 is 0. The van der Waals surface area contributed by atoms with E-state index in [1.165, 1.54) is 0 Å². The van der Waals surface area contributed by atoms with Gasteiger partial charge in [0.15, 0.2) is 0 Å². The molecule has 6 heteroatoms. The van der Waals surface area contributed by atoms with Crippen LogP contribution in [0.15, 0.2) is 24.3 Å². The molecule has 1 aliphatic heterocycles. The van der Waals surface area contributed by atoms with Gasteiger partial charge in [-0.25, -0.2) is 0 Å². The fraction of sp³-hybridized carbons (Fsp3) is 0.500. The maximum atomic E-state index is 12.2. The number of amides is 2. The minimum absolute atomic E-state index is 0.0588. The third kappa shape index (κ3) is 3.57. The molecule has 1 heterocycles. The van der Waals surface area contributed by atoms with Crippen molar-refractivity contribution < 1.29 is 14.3 Å². The summed E-state index contributed by atoms with van der Waals surface area (Å²) < 4.78 is 5.29. The molecule has 0 bridgehead atoms. The van der Waals surface area contributed by atoms with Crippen LogP contribution in [0, 0.1) is 11.8 Å². The molecule has 0 aromatic heterocycles. The van der Waals surface area contributed by atoms with Crippen molar-refractivity contribution in [2.75, 3.05) is 31.6 Å². The predicted molar refractivity (Wildman–Crippen MR) is 84.7 cm³/mol. The Morgan fingerprint density at radius 2 is 2.23 bits per heavy atom. The molecule has 1 aliphatic rings. The number of carbonyl (C=O) groups excluding carboxylic acids is 2. The first-order valence-corrected chi connectivity index (χ1v) is 7.48. The Morgan fingerprint density at radius 1 is 1.50 bits per heavy atom. The number of nitrogens with zero attached hydrogens (tertiary/aromatic N) is 1. The number of anilines is 1. The van der Waals surface area contributed by atoms with Gasteiger partial charge in [0.2, 0.25) is 11.8 Å². The molecule has 22 heavy (non-hydrogen) atoms. The van der Waals surface area contributed by atoms with Crippen molar-refractivity contribution in [3.63, 3.8) is 0 Å². The van der Waals surface area contributed by atoms with E-state index in [0.717, 1.165) is 0 Å². The lowest BCUT2D eigenvalue weighted by molar-refractivity contribution is -0.126.